The zero-order chi connectivity index (χ0) is 31.1. The van der Waals surface area contributed by atoms with Gasteiger partial charge in [-0.15, -0.1) is 0 Å². The van der Waals surface area contributed by atoms with Crippen molar-refractivity contribution in [3.63, 3.8) is 0 Å². The fourth-order valence-corrected chi connectivity index (χ4v) is 4.93. The summed E-state index contributed by atoms with van der Waals surface area (Å²) in [6, 6.07) is 7.86. The van der Waals surface area contributed by atoms with Crippen LogP contribution in [0.3, 0.4) is 0 Å². The fraction of sp³-hybridized carbons (Fsp3) is 0.483. The Morgan fingerprint density at radius 3 is 2.36 bits per heavy atom. The minimum Gasteiger partial charge on any atom is -0.410 e. The van der Waals surface area contributed by atoms with Gasteiger partial charge in [-0.1, -0.05) is 53.2 Å². The number of hydrogen-bond acceptors (Lipinski definition) is 4. The van der Waals surface area contributed by atoms with E-state index in [2.05, 4.69) is 27.4 Å². The third-order valence-electron chi connectivity index (χ3n) is 7.53. The number of aromatic nitrogens is 3. The molecule has 1 aliphatic rings. The molecule has 0 saturated carbocycles. The van der Waals surface area contributed by atoms with Gasteiger partial charge in [0.1, 0.15) is 5.75 Å². The minimum absolute atomic E-state index is 0.148. The van der Waals surface area contributed by atoms with Gasteiger partial charge in [-0.05, 0) is 48.2 Å². The number of carbonyl (C=O) groups is 1. The summed E-state index contributed by atoms with van der Waals surface area (Å²) in [5.74, 6) is -1.40. The highest BCUT2D eigenvalue weighted by molar-refractivity contribution is 6.72. The lowest BCUT2D eigenvalue weighted by atomic mass is 9.39. The number of ether oxygens (including phenoxy) is 1. The number of rotatable bonds is 9. The molecule has 13 heteroatoms. The molecule has 0 fully saturated rings. The van der Waals surface area contributed by atoms with Gasteiger partial charge < -0.3 is 10.1 Å². The Labute approximate surface area is 241 Å². The van der Waals surface area contributed by atoms with Crippen molar-refractivity contribution in [1.29, 1.82) is 0 Å². The molecule has 1 amide bonds. The van der Waals surface area contributed by atoms with Gasteiger partial charge >= 0.3 is 18.4 Å². The van der Waals surface area contributed by atoms with Gasteiger partial charge in [0.2, 0.25) is 6.71 Å². The van der Waals surface area contributed by atoms with Crippen LogP contribution in [0.15, 0.2) is 42.7 Å². The van der Waals surface area contributed by atoms with E-state index in [1.165, 1.54) is 11.6 Å². The first-order valence-electron chi connectivity index (χ1n) is 14.0. The van der Waals surface area contributed by atoms with Crippen LogP contribution in [0.2, 0.25) is 12.6 Å². The van der Waals surface area contributed by atoms with Gasteiger partial charge in [-0.3, -0.25) is 10.1 Å². The molecular formula is C29H35BF6N4O2. The number of nitrogens with one attached hydrogen (secondary N) is 2. The van der Waals surface area contributed by atoms with Gasteiger partial charge in [0.25, 0.3) is 0 Å². The van der Waals surface area contributed by atoms with E-state index >= 15 is 0 Å². The lowest BCUT2D eigenvalue weighted by molar-refractivity contribution is -0.182. The molecule has 2 atom stereocenters. The number of aromatic amines is 1. The van der Waals surface area contributed by atoms with Gasteiger partial charge in [0.15, 0.2) is 0 Å². The average Bonchev–Trinajstić information content (AvgIpc) is 3.43. The highest BCUT2D eigenvalue weighted by Gasteiger charge is 2.44. The third kappa shape index (κ3) is 8.51. The minimum atomic E-state index is -4.50. The third-order valence-corrected chi connectivity index (χ3v) is 7.53. The molecule has 0 saturated heterocycles. The topological polar surface area (TPSA) is 79.9 Å². The van der Waals surface area contributed by atoms with E-state index in [1.54, 1.807) is 13.8 Å². The number of alkyl halides is 6. The van der Waals surface area contributed by atoms with Gasteiger partial charge in [-0.2, -0.15) is 31.4 Å². The number of hydrogen-bond donors (Lipinski definition) is 2. The molecule has 6 nitrogen and oxygen atoms in total. The van der Waals surface area contributed by atoms with Crippen LogP contribution in [-0.2, 0) is 19.1 Å². The highest BCUT2D eigenvalue weighted by Crippen LogP contribution is 2.38. The number of fused-ring (bicyclic) bond motifs is 1. The average molecular weight is 596 g/mol. The number of carbonyl (C=O) groups excluding carboxylic acids is 1. The van der Waals surface area contributed by atoms with E-state index < -0.39 is 42.6 Å². The maximum absolute atomic E-state index is 13.3. The molecule has 1 aromatic carbocycles. The van der Waals surface area contributed by atoms with Crippen molar-refractivity contribution < 1.29 is 35.9 Å². The Morgan fingerprint density at radius 2 is 1.79 bits per heavy atom. The van der Waals surface area contributed by atoms with Crippen molar-refractivity contribution in [3.8, 4) is 17.0 Å². The molecule has 42 heavy (non-hydrogen) atoms. The normalized spacial score (nSPS) is 14.6. The SMILES string of the molecule is CCCB(CC(C(C)CC)C(F)(F)F)c1ccc(C(F)(F)F)cn1.CCc1cn[nH]c1-c1ccc2c(c1)CNC(=O)O2. The van der Waals surface area contributed by atoms with Crippen molar-refractivity contribution in [1.82, 2.24) is 20.5 Å². The molecule has 4 rings (SSSR count). The summed E-state index contributed by atoms with van der Waals surface area (Å²) in [4.78, 5) is 14.9. The Bertz CT molecular complexity index is 1310. The monoisotopic (exact) mass is 596 g/mol. The maximum atomic E-state index is 13.3. The largest absolute Gasteiger partial charge is 0.417 e. The molecule has 2 unspecified atom stereocenters. The number of aryl methyl sites for hydroxylation is 1. The fourth-order valence-electron chi connectivity index (χ4n) is 4.93. The summed E-state index contributed by atoms with van der Waals surface area (Å²) in [6.07, 6.45) is -4.42. The van der Waals surface area contributed by atoms with Crippen LogP contribution >= 0.6 is 0 Å². The quantitative estimate of drug-likeness (QED) is 0.196. The van der Waals surface area contributed by atoms with Crippen LogP contribution in [0, 0.1) is 11.8 Å². The molecule has 0 bridgehead atoms. The molecule has 2 N–H and O–H groups in total. The van der Waals surface area contributed by atoms with Crippen LogP contribution in [0.4, 0.5) is 31.1 Å². The predicted octanol–water partition coefficient (Wildman–Crippen LogP) is 7.68. The molecule has 3 aromatic rings. The van der Waals surface area contributed by atoms with E-state index in [0.29, 0.717) is 43.2 Å². The molecule has 0 spiro atoms. The Morgan fingerprint density at radius 1 is 1.05 bits per heavy atom. The molecule has 228 valence electrons. The Balaban J connectivity index is 0.000000238. The summed E-state index contributed by atoms with van der Waals surface area (Å²) in [6.45, 7) is 7.19. The number of nitrogens with zero attached hydrogens (tertiary/aromatic N) is 2. The highest BCUT2D eigenvalue weighted by atomic mass is 19.4. The van der Waals surface area contributed by atoms with Gasteiger partial charge in [0, 0.05) is 29.5 Å². The summed E-state index contributed by atoms with van der Waals surface area (Å²) in [7, 11) is 0. The smallest absolute Gasteiger partial charge is 0.410 e. The maximum Gasteiger partial charge on any atom is 0.417 e. The molecule has 2 aromatic heterocycles. The number of H-pyrrole nitrogens is 1. The van der Waals surface area contributed by atoms with Crippen LogP contribution < -0.4 is 15.6 Å². The number of amides is 1. The predicted molar refractivity (Wildman–Crippen MR) is 150 cm³/mol. The summed E-state index contributed by atoms with van der Waals surface area (Å²) in [5, 5.41) is 9.73. The molecular weight excluding hydrogens is 561 g/mol. The zero-order valence-corrected chi connectivity index (χ0v) is 24.0. The van der Waals surface area contributed by atoms with Crippen molar-refractivity contribution in [2.45, 2.75) is 78.5 Å². The molecule has 1 aliphatic heterocycles. The zero-order valence-electron chi connectivity index (χ0n) is 24.0. The van der Waals surface area contributed by atoms with Crippen LogP contribution in [0.5, 0.6) is 5.75 Å². The lowest BCUT2D eigenvalue weighted by Crippen LogP contribution is -2.40. The first kappa shape index (κ1) is 33.0. The van der Waals surface area contributed by atoms with E-state index in [0.717, 1.165) is 29.3 Å². The van der Waals surface area contributed by atoms with Crippen molar-refractivity contribution in [2.75, 3.05) is 0 Å². The number of pyridine rings is 1. The molecule has 0 aliphatic carbocycles. The van der Waals surface area contributed by atoms with E-state index in [9.17, 15) is 31.1 Å². The second-order valence-electron chi connectivity index (χ2n) is 10.4. The lowest BCUT2D eigenvalue weighted by Gasteiger charge is -2.28. The first-order valence-corrected chi connectivity index (χ1v) is 14.0. The summed E-state index contributed by atoms with van der Waals surface area (Å²) >= 11 is 0. The number of benzene rings is 1. The van der Waals surface area contributed by atoms with E-state index in [1.807, 2.05) is 31.3 Å². The standard InChI is InChI=1S/C16H22BF6N.C13H13N3O2/c1-4-8-17(9-13(11(3)5-2)16(21,22)23)14-7-6-12(10-24-14)15(18,19)20;1-2-8-7-15-16-12(8)9-3-4-11-10(5-9)6-14-13(17)18-11/h6-7,10-11,13H,4-5,8-9H2,1-3H3;3-5,7H,2,6H2,1H3,(H,14,17)(H,15,16). The molecule has 0 radical (unpaired) electrons. The van der Waals surface area contributed by atoms with E-state index in [-0.39, 0.29) is 6.32 Å². The van der Waals surface area contributed by atoms with Gasteiger partial charge in [-0.25, -0.2) is 4.79 Å². The van der Waals surface area contributed by atoms with Crippen LogP contribution in [0.25, 0.3) is 11.3 Å². The second-order valence-corrected chi connectivity index (χ2v) is 10.4. The van der Waals surface area contributed by atoms with E-state index in [4.69, 9.17) is 4.74 Å². The Kier molecular flexibility index (Phi) is 11.1. The Hall–Kier alpha value is -3.51. The van der Waals surface area contributed by atoms with Crippen molar-refractivity contribution in [3.05, 3.63) is 59.4 Å². The first-order chi connectivity index (χ1) is 19.8. The van der Waals surface area contributed by atoms with Crippen LogP contribution in [-0.4, -0.2) is 34.2 Å². The molecule has 3 heterocycles. The summed E-state index contributed by atoms with van der Waals surface area (Å²) < 4.78 is 82.9. The van der Waals surface area contributed by atoms with Crippen molar-refractivity contribution in [2.24, 2.45) is 11.8 Å². The second kappa shape index (κ2) is 14.1. The van der Waals surface area contributed by atoms with Gasteiger partial charge in [0.05, 0.1) is 23.4 Å². The van der Waals surface area contributed by atoms with Crippen LogP contribution in [0.1, 0.15) is 57.2 Å². The van der Waals surface area contributed by atoms with Crippen molar-refractivity contribution >= 4 is 18.4 Å². The summed E-state index contributed by atoms with van der Waals surface area (Å²) in [5.41, 5.74) is 3.64. The number of halogens is 6.